The summed E-state index contributed by atoms with van der Waals surface area (Å²) in [5.74, 6) is 0.476. The van der Waals surface area contributed by atoms with Gasteiger partial charge in [-0.25, -0.2) is 0 Å². The minimum absolute atomic E-state index is 0.476. The van der Waals surface area contributed by atoms with E-state index in [0.29, 0.717) is 5.92 Å². The van der Waals surface area contributed by atoms with Gasteiger partial charge >= 0.3 is 0 Å². The van der Waals surface area contributed by atoms with Gasteiger partial charge in [-0.1, -0.05) is 31.1 Å². The lowest BCUT2D eigenvalue weighted by atomic mass is 10.0. The topological polar surface area (TPSA) is 26.0 Å². The molecule has 2 rings (SSSR count). The van der Waals surface area contributed by atoms with E-state index in [2.05, 4.69) is 25.1 Å². The lowest BCUT2D eigenvalue weighted by molar-refractivity contribution is 0.438. The largest absolute Gasteiger partial charge is 0.356 e. The number of aromatic nitrogens is 1. The molecule has 1 aromatic carbocycles. The van der Waals surface area contributed by atoms with Crippen molar-refractivity contribution in [2.75, 3.05) is 0 Å². The molecule has 1 aromatic heterocycles. The number of rotatable bonds is 2. The van der Waals surface area contributed by atoms with E-state index >= 15 is 0 Å². The Bertz CT molecular complexity index is 405. The van der Waals surface area contributed by atoms with Crippen LogP contribution in [-0.2, 0) is 0 Å². The Hall–Kier alpha value is -1.31. The highest BCUT2D eigenvalue weighted by molar-refractivity contribution is 5.79. The lowest BCUT2D eigenvalue weighted by Crippen LogP contribution is -1.91. The smallest absolute Gasteiger partial charge is 0.167 e. The second-order valence-electron chi connectivity index (χ2n) is 3.37. The fraction of sp³-hybridized carbons (Fsp3) is 0.364. The van der Waals surface area contributed by atoms with Gasteiger partial charge in [-0.2, -0.15) is 0 Å². The van der Waals surface area contributed by atoms with Gasteiger partial charge in [-0.05, 0) is 18.6 Å². The van der Waals surface area contributed by atoms with Crippen LogP contribution in [0.25, 0.3) is 11.0 Å². The van der Waals surface area contributed by atoms with E-state index < -0.39 is 0 Å². The fourth-order valence-electron chi connectivity index (χ4n) is 1.45. The number of hydrogen-bond donors (Lipinski definition) is 0. The summed E-state index contributed by atoms with van der Waals surface area (Å²) in [4.78, 5) is 0. The van der Waals surface area contributed by atoms with Gasteiger partial charge < -0.3 is 4.52 Å². The molecule has 0 aliphatic rings. The number of hydrogen-bond acceptors (Lipinski definition) is 2. The molecule has 2 heteroatoms. The molecule has 0 fully saturated rings. The Morgan fingerprint density at radius 2 is 2.15 bits per heavy atom. The van der Waals surface area contributed by atoms with Crippen LogP contribution in [0.15, 0.2) is 28.8 Å². The van der Waals surface area contributed by atoms with Crippen LogP contribution in [0.1, 0.15) is 31.9 Å². The Balaban J connectivity index is 2.57. The van der Waals surface area contributed by atoms with Gasteiger partial charge in [-0.3, -0.25) is 0 Å². The monoisotopic (exact) mass is 175 g/mol. The molecule has 0 radical (unpaired) electrons. The molecule has 2 nitrogen and oxygen atoms in total. The van der Waals surface area contributed by atoms with Crippen LogP contribution in [0.2, 0.25) is 0 Å². The highest BCUT2D eigenvalue weighted by atomic mass is 16.5. The summed E-state index contributed by atoms with van der Waals surface area (Å²) in [6, 6.07) is 8.00. The highest BCUT2D eigenvalue weighted by Crippen LogP contribution is 2.26. The zero-order valence-electron chi connectivity index (χ0n) is 7.95. The maximum Gasteiger partial charge on any atom is 0.167 e. The summed E-state index contributed by atoms with van der Waals surface area (Å²) in [5.41, 5.74) is 1.97. The van der Waals surface area contributed by atoms with E-state index in [1.165, 1.54) is 0 Å². The molecule has 1 unspecified atom stereocenters. The van der Waals surface area contributed by atoms with Gasteiger partial charge in [0.05, 0.1) is 5.69 Å². The Labute approximate surface area is 77.5 Å². The zero-order valence-corrected chi connectivity index (χ0v) is 7.95. The number of para-hydroxylation sites is 1. The van der Waals surface area contributed by atoms with E-state index in [0.717, 1.165) is 23.1 Å². The van der Waals surface area contributed by atoms with Crippen LogP contribution in [0.3, 0.4) is 0 Å². The van der Waals surface area contributed by atoms with Crippen molar-refractivity contribution >= 4 is 11.0 Å². The molecule has 0 bridgehead atoms. The molecule has 0 saturated heterocycles. The van der Waals surface area contributed by atoms with Crippen molar-refractivity contribution in [3.63, 3.8) is 0 Å². The van der Waals surface area contributed by atoms with Crippen LogP contribution in [0.4, 0.5) is 0 Å². The van der Waals surface area contributed by atoms with E-state index in [1.807, 2.05) is 18.2 Å². The summed E-state index contributed by atoms with van der Waals surface area (Å²) in [6.07, 6.45) is 1.09. The van der Waals surface area contributed by atoms with Crippen molar-refractivity contribution in [1.29, 1.82) is 0 Å². The normalized spacial score (nSPS) is 13.4. The van der Waals surface area contributed by atoms with E-state index in [4.69, 9.17) is 4.52 Å². The molecule has 0 aliphatic heterocycles. The summed E-state index contributed by atoms with van der Waals surface area (Å²) in [7, 11) is 0. The summed E-state index contributed by atoms with van der Waals surface area (Å²) in [6.45, 7) is 4.33. The van der Waals surface area contributed by atoms with Crippen LogP contribution in [-0.4, -0.2) is 5.16 Å². The maximum absolute atomic E-state index is 5.22. The van der Waals surface area contributed by atoms with Crippen LogP contribution in [0, 0.1) is 0 Å². The van der Waals surface area contributed by atoms with E-state index in [9.17, 15) is 0 Å². The second kappa shape index (κ2) is 3.21. The molecule has 0 N–H and O–H groups in total. The molecular formula is C11H13NO. The number of benzene rings is 1. The summed E-state index contributed by atoms with van der Waals surface area (Å²) < 4.78 is 5.22. The fourth-order valence-corrected chi connectivity index (χ4v) is 1.45. The summed E-state index contributed by atoms with van der Waals surface area (Å²) in [5, 5.41) is 5.24. The van der Waals surface area contributed by atoms with Crippen molar-refractivity contribution in [2.24, 2.45) is 0 Å². The molecule has 1 heterocycles. The maximum atomic E-state index is 5.22. The van der Waals surface area contributed by atoms with E-state index in [1.54, 1.807) is 0 Å². The standard InChI is InChI=1S/C11H13NO/c1-3-8(2)11-9-6-4-5-7-10(9)13-12-11/h4-8H,3H2,1-2H3. The SMILES string of the molecule is CCC(C)c1noc2ccccc12. The molecular weight excluding hydrogens is 162 g/mol. The van der Waals surface area contributed by atoms with Crippen molar-refractivity contribution in [1.82, 2.24) is 5.16 Å². The molecule has 13 heavy (non-hydrogen) atoms. The third-order valence-electron chi connectivity index (χ3n) is 2.48. The number of nitrogens with zero attached hydrogens (tertiary/aromatic N) is 1. The van der Waals surface area contributed by atoms with Gasteiger partial charge in [0.2, 0.25) is 0 Å². The van der Waals surface area contributed by atoms with Crippen LogP contribution in [0.5, 0.6) is 0 Å². The van der Waals surface area contributed by atoms with Crippen molar-refractivity contribution in [3.05, 3.63) is 30.0 Å². The van der Waals surface area contributed by atoms with Gasteiger partial charge in [0.25, 0.3) is 0 Å². The van der Waals surface area contributed by atoms with Crippen LogP contribution < -0.4 is 0 Å². The number of fused-ring (bicyclic) bond motifs is 1. The quantitative estimate of drug-likeness (QED) is 0.699. The molecule has 0 aliphatic carbocycles. The molecule has 68 valence electrons. The summed E-state index contributed by atoms with van der Waals surface area (Å²) >= 11 is 0. The Morgan fingerprint density at radius 1 is 1.38 bits per heavy atom. The van der Waals surface area contributed by atoms with Crippen molar-refractivity contribution in [3.8, 4) is 0 Å². The van der Waals surface area contributed by atoms with Crippen molar-refractivity contribution < 1.29 is 4.52 Å². The predicted octanol–water partition coefficient (Wildman–Crippen LogP) is 3.34. The zero-order chi connectivity index (χ0) is 9.26. The van der Waals surface area contributed by atoms with Gasteiger partial charge in [-0.15, -0.1) is 0 Å². The molecule has 1 atom stereocenters. The lowest BCUT2D eigenvalue weighted by Gasteiger charge is -2.02. The molecule has 2 aromatic rings. The van der Waals surface area contributed by atoms with Gasteiger partial charge in [0, 0.05) is 11.3 Å². The minimum Gasteiger partial charge on any atom is -0.356 e. The van der Waals surface area contributed by atoms with E-state index in [-0.39, 0.29) is 0 Å². The molecule has 0 saturated carbocycles. The predicted molar refractivity (Wildman–Crippen MR) is 52.7 cm³/mol. The average Bonchev–Trinajstić information content (AvgIpc) is 2.60. The van der Waals surface area contributed by atoms with Gasteiger partial charge in [0.15, 0.2) is 5.58 Å². The Kier molecular flexibility index (Phi) is 2.05. The third kappa shape index (κ3) is 1.32. The minimum atomic E-state index is 0.476. The van der Waals surface area contributed by atoms with Gasteiger partial charge in [0.1, 0.15) is 0 Å². The second-order valence-corrected chi connectivity index (χ2v) is 3.37. The first kappa shape index (κ1) is 8.30. The average molecular weight is 175 g/mol. The molecule has 0 amide bonds. The van der Waals surface area contributed by atoms with Crippen molar-refractivity contribution in [2.45, 2.75) is 26.2 Å². The first-order valence-corrected chi connectivity index (χ1v) is 4.67. The highest BCUT2D eigenvalue weighted by Gasteiger charge is 2.12. The molecule has 0 spiro atoms. The first-order chi connectivity index (χ1) is 6.33. The van der Waals surface area contributed by atoms with Crippen LogP contribution >= 0.6 is 0 Å². The first-order valence-electron chi connectivity index (χ1n) is 4.67. The third-order valence-corrected chi connectivity index (χ3v) is 2.48. The Morgan fingerprint density at radius 3 is 2.92 bits per heavy atom.